The number of benzene rings is 1. The Hall–Kier alpha value is -0.760. The molecule has 17 heavy (non-hydrogen) atoms. The number of hydrogen-bond donors (Lipinski definition) is 3. The van der Waals surface area contributed by atoms with E-state index in [9.17, 15) is 8.42 Å². The summed E-state index contributed by atoms with van der Waals surface area (Å²) in [7, 11) is -3.46. The van der Waals surface area contributed by atoms with E-state index < -0.39 is 10.0 Å². The van der Waals surface area contributed by atoms with E-state index in [1.54, 1.807) is 13.0 Å². The largest absolute Gasteiger partial charge is 0.398 e. The van der Waals surface area contributed by atoms with Crippen molar-refractivity contribution in [3.63, 3.8) is 0 Å². The maximum absolute atomic E-state index is 11.8. The van der Waals surface area contributed by atoms with Crippen LogP contribution in [0.4, 0.5) is 5.69 Å². The molecule has 0 aromatic heterocycles. The molecule has 0 bridgehead atoms. The van der Waals surface area contributed by atoms with Gasteiger partial charge in [-0.15, -0.1) is 11.8 Å². The minimum atomic E-state index is -3.46. The first-order valence-electron chi connectivity index (χ1n) is 5.14. The van der Waals surface area contributed by atoms with Crippen molar-refractivity contribution in [3.8, 4) is 0 Å². The van der Waals surface area contributed by atoms with Crippen LogP contribution in [0.1, 0.15) is 6.92 Å². The molecule has 96 valence electrons. The lowest BCUT2D eigenvalue weighted by molar-refractivity contribution is 0.322. The molecule has 0 amide bonds. The Balaban J connectivity index is 3.03. The van der Waals surface area contributed by atoms with E-state index in [1.807, 2.05) is 0 Å². The summed E-state index contributed by atoms with van der Waals surface area (Å²) in [5.74, 6) is 0.481. The third kappa shape index (κ3) is 3.88. The van der Waals surface area contributed by atoms with Gasteiger partial charge in [-0.1, -0.05) is 6.92 Å². The van der Waals surface area contributed by atoms with Gasteiger partial charge in [0, 0.05) is 22.9 Å². The predicted molar refractivity (Wildman–Crippen MR) is 69.5 cm³/mol. The monoisotopic (exact) mass is 276 g/mol. The number of hydrogen-bond acceptors (Lipinski definition) is 5. The van der Waals surface area contributed by atoms with E-state index in [0.717, 1.165) is 0 Å². The van der Waals surface area contributed by atoms with E-state index in [4.69, 9.17) is 10.8 Å². The Bertz CT molecular complexity index is 474. The zero-order valence-corrected chi connectivity index (χ0v) is 11.1. The van der Waals surface area contributed by atoms with Crippen molar-refractivity contribution in [2.45, 2.75) is 16.7 Å². The number of nitrogens with two attached hydrogens (primary N) is 1. The highest BCUT2D eigenvalue weighted by molar-refractivity contribution is 7.99. The van der Waals surface area contributed by atoms with Gasteiger partial charge in [-0.25, -0.2) is 13.1 Å². The highest BCUT2D eigenvalue weighted by Crippen LogP contribution is 2.27. The van der Waals surface area contributed by atoms with Gasteiger partial charge >= 0.3 is 0 Å². The molecule has 4 N–H and O–H groups in total. The number of thioether (sulfide) groups is 1. The number of aliphatic hydroxyl groups is 1. The molecule has 0 radical (unpaired) electrons. The third-order valence-electron chi connectivity index (χ3n) is 1.98. The number of rotatable bonds is 6. The first-order chi connectivity index (χ1) is 8.01. The van der Waals surface area contributed by atoms with Gasteiger partial charge in [0.1, 0.15) is 0 Å². The molecular formula is C10H16N2O3S2. The zero-order valence-electron chi connectivity index (χ0n) is 9.51. The Morgan fingerprint density at radius 1 is 1.47 bits per heavy atom. The van der Waals surface area contributed by atoms with Crippen molar-refractivity contribution in [3.05, 3.63) is 18.2 Å². The smallest absolute Gasteiger partial charge is 0.240 e. The van der Waals surface area contributed by atoms with Gasteiger partial charge < -0.3 is 10.8 Å². The summed E-state index contributed by atoms with van der Waals surface area (Å²) in [6, 6.07) is 4.55. The molecule has 1 rings (SSSR count). The molecule has 1 aromatic rings. The quantitative estimate of drug-likeness (QED) is 0.524. The lowest BCUT2D eigenvalue weighted by Gasteiger charge is -2.08. The van der Waals surface area contributed by atoms with Crippen LogP contribution in [0.3, 0.4) is 0 Å². The SMILES string of the molecule is CCNS(=O)(=O)c1ccc(N)c(SCCO)c1. The molecule has 0 atom stereocenters. The van der Waals surface area contributed by atoms with Crippen LogP contribution >= 0.6 is 11.8 Å². The maximum Gasteiger partial charge on any atom is 0.240 e. The number of anilines is 1. The number of nitrogen functional groups attached to an aromatic ring is 1. The van der Waals surface area contributed by atoms with Crippen molar-refractivity contribution in [1.82, 2.24) is 4.72 Å². The highest BCUT2D eigenvalue weighted by Gasteiger charge is 2.14. The van der Waals surface area contributed by atoms with E-state index in [0.29, 0.717) is 22.9 Å². The predicted octanol–water partition coefficient (Wildman–Crippen LogP) is 0.651. The molecule has 0 spiro atoms. The normalized spacial score (nSPS) is 11.6. The summed E-state index contributed by atoms with van der Waals surface area (Å²) in [6.45, 7) is 2.08. The number of sulfonamides is 1. The van der Waals surface area contributed by atoms with Crippen molar-refractivity contribution < 1.29 is 13.5 Å². The van der Waals surface area contributed by atoms with Crippen molar-refractivity contribution >= 4 is 27.5 Å². The standard InChI is InChI=1S/C10H16N2O3S2/c1-2-12-17(14,15)8-3-4-9(11)10(7-8)16-6-5-13/h3-4,7,12-13H,2,5-6,11H2,1H3. The highest BCUT2D eigenvalue weighted by atomic mass is 32.2. The van der Waals surface area contributed by atoms with E-state index in [2.05, 4.69) is 4.72 Å². The van der Waals surface area contributed by atoms with Gasteiger partial charge in [0.25, 0.3) is 0 Å². The fraction of sp³-hybridized carbons (Fsp3) is 0.400. The van der Waals surface area contributed by atoms with Gasteiger partial charge in [-0.05, 0) is 18.2 Å². The van der Waals surface area contributed by atoms with Gasteiger partial charge in [0.2, 0.25) is 10.0 Å². The first kappa shape index (κ1) is 14.3. The molecule has 1 aromatic carbocycles. The second-order valence-electron chi connectivity index (χ2n) is 3.27. The van der Waals surface area contributed by atoms with Crippen molar-refractivity contribution in [2.24, 2.45) is 0 Å². The van der Waals surface area contributed by atoms with Crippen LogP contribution in [-0.4, -0.2) is 32.4 Å². The zero-order chi connectivity index (χ0) is 12.9. The second-order valence-corrected chi connectivity index (χ2v) is 6.18. The molecule has 0 saturated heterocycles. The van der Waals surface area contributed by atoms with Crippen LogP contribution in [0.2, 0.25) is 0 Å². The number of aliphatic hydroxyl groups excluding tert-OH is 1. The van der Waals surface area contributed by atoms with Crippen LogP contribution in [-0.2, 0) is 10.0 Å². The van der Waals surface area contributed by atoms with Crippen LogP contribution in [0.15, 0.2) is 28.0 Å². The van der Waals surface area contributed by atoms with Crippen molar-refractivity contribution in [2.75, 3.05) is 24.6 Å². The van der Waals surface area contributed by atoms with Crippen molar-refractivity contribution in [1.29, 1.82) is 0 Å². The summed E-state index contributed by atoms with van der Waals surface area (Å²) in [5, 5.41) is 8.74. The van der Waals surface area contributed by atoms with Gasteiger partial charge in [-0.3, -0.25) is 0 Å². The summed E-state index contributed by atoms with van der Waals surface area (Å²) >= 11 is 1.33. The molecule has 5 nitrogen and oxygen atoms in total. The lowest BCUT2D eigenvalue weighted by atomic mass is 10.3. The fourth-order valence-electron chi connectivity index (χ4n) is 1.24. The molecule has 7 heteroatoms. The van der Waals surface area contributed by atoms with E-state index >= 15 is 0 Å². The lowest BCUT2D eigenvalue weighted by Crippen LogP contribution is -2.23. The van der Waals surface area contributed by atoms with E-state index in [1.165, 1.54) is 23.9 Å². The topological polar surface area (TPSA) is 92.4 Å². The van der Waals surface area contributed by atoms with Crippen LogP contribution in [0.25, 0.3) is 0 Å². The van der Waals surface area contributed by atoms with Crippen LogP contribution < -0.4 is 10.5 Å². The molecule has 0 aliphatic rings. The second kappa shape index (κ2) is 6.25. The van der Waals surface area contributed by atoms with E-state index in [-0.39, 0.29) is 11.5 Å². The van der Waals surface area contributed by atoms with Gasteiger partial charge in [-0.2, -0.15) is 0 Å². The Kier molecular flexibility index (Phi) is 5.26. The minimum Gasteiger partial charge on any atom is -0.398 e. The van der Waals surface area contributed by atoms with Crippen LogP contribution in [0.5, 0.6) is 0 Å². The average Bonchev–Trinajstić information content (AvgIpc) is 2.27. The third-order valence-corrected chi connectivity index (χ3v) is 4.57. The minimum absolute atomic E-state index is 0.0221. The maximum atomic E-state index is 11.8. The fourth-order valence-corrected chi connectivity index (χ4v) is 3.13. The first-order valence-corrected chi connectivity index (χ1v) is 7.61. The molecule has 0 saturated carbocycles. The molecule has 0 aliphatic heterocycles. The molecule has 0 fully saturated rings. The Morgan fingerprint density at radius 2 is 2.18 bits per heavy atom. The number of nitrogens with one attached hydrogen (secondary N) is 1. The summed E-state index contributed by atoms with van der Waals surface area (Å²) in [5.41, 5.74) is 6.24. The summed E-state index contributed by atoms with van der Waals surface area (Å²) in [4.78, 5) is 0.854. The average molecular weight is 276 g/mol. The summed E-state index contributed by atoms with van der Waals surface area (Å²) < 4.78 is 25.9. The van der Waals surface area contributed by atoms with Crippen LogP contribution in [0, 0.1) is 0 Å². The Labute approximate surface area is 105 Å². The van der Waals surface area contributed by atoms with Gasteiger partial charge in [0.15, 0.2) is 0 Å². The Morgan fingerprint density at radius 3 is 2.76 bits per heavy atom. The molecule has 0 heterocycles. The molecule has 0 aliphatic carbocycles. The summed E-state index contributed by atoms with van der Waals surface area (Å²) in [6.07, 6.45) is 0. The molecular weight excluding hydrogens is 260 g/mol. The van der Waals surface area contributed by atoms with Gasteiger partial charge in [0.05, 0.1) is 11.5 Å². The molecule has 0 unspecified atom stereocenters.